The van der Waals surface area contributed by atoms with Gasteiger partial charge in [0, 0.05) is 12.5 Å². The molecule has 1 aromatic heterocycles. The predicted octanol–water partition coefficient (Wildman–Crippen LogP) is 3.46. The first-order valence-corrected chi connectivity index (χ1v) is 11.3. The fraction of sp³-hybridized carbons (Fsp3) is 0.583. The molecule has 0 aliphatic heterocycles. The molecule has 7 nitrogen and oxygen atoms in total. The number of nitrogens with one attached hydrogen (secondary N) is 2. The van der Waals surface area contributed by atoms with Gasteiger partial charge in [-0.05, 0) is 37.7 Å². The number of benzene rings is 1. The largest absolute Gasteiger partial charge is 0.345 e. The summed E-state index contributed by atoms with van der Waals surface area (Å²) in [5, 5.41) is 15.0. The summed E-state index contributed by atoms with van der Waals surface area (Å²) in [6.45, 7) is 10.2. The second-order valence-electron chi connectivity index (χ2n) is 8.63. The molecule has 170 valence electrons. The highest BCUT2D eigenvalue weighted by molar-refractivity contribution is 5.88. The lowest BCUT2D eigenvalue weighted by atomic mass is 9.99. The van der Waals surface area contributed by atoms with Crippen molar-refractivity contribution in [2.24, 2.45) is 5.92 Å². The lowest BCUT2D eigenvalue weighted by molar-refractivity contribution is -0.128. The van der Waals surface area contributed by atoms with E-state index in [-0.39, 0.29) is 24.3 Å². The Morgan fingerprint density at radius 2 is 1.81 bits per heavy atom. The third kappa shape index (κ3) is 8.25. The van der Waals surface area contributed by atoms with Crippen molar-refractivity contribution in [3.63, 3.8) is 0 Å². The summed E-state index contributed by atoms with van der Waals surface area (Å²) in [5.41, 5.74) is 2.02. The van der Waals surface area contributed by atoms with Gasteiger partial charge >= 0.3 is 0 Å². The normalized spacial score (nSPS) is 14.3. The first-order valence-electron chi connectivity index (χ1n) is 11.3. The summed E-state index contributed by atoms with van der Waals surface area (Å²) in [6.07, 6.45) is 4.66. The molecule has 1 unspecified atom stereocenters. The Morgan fingerprint density at radius 3 is 2.42 bits per heavy atom. The number of nitrogens with zero attached hydrogens (tertiary/aromatic N) is 3. The zero-order chi connectivity index (χ0) is 22.8. The summed E-state index contributed by atoms with van der Waals surface area (Å²) >= 11 is 0. The SMILES string of the molecule is CCC(=O)[C@H](CC(C)C)NC(=O)Cn1cc([C@H](Cc2ccccc2)NC(C)CC)nn1. The minimum absolute atomic E-state index is 0.00419. The van der Waals surface area contributed by atoms with Gasteiger partial charge in [-0.1, -0.05) is 63.2 Å². The second-order valence-corrected chi connectivity index (χ2v) is 8.63. The van der Waals surface area contributed by atoms with Crippen LogP contribution in [0.5, 0.6) is 0 Å². The number of ketones is 1. The molecule has 3 atom stereocenters. The number of amides is 1. The van der Waals surface area contributed by atoms with Crippen molar-refractivity contribution < 1.29 is 9.59 Å². The number of hydrogen-bond donors (Lipinski definition) is 2. The maximum atomic E-state index is 12.6. The minimum atomic E-state index is -0.446. The second kappa shape index (κ2) is 12.3. The molecule has 0 spiro atoms. The standard InChI is InChI=1S/C24H37N5O2/c1-6-18(5)25-20(14-19-11-9-8-10-12-19)22-15-29(28-27-22)16-24(31)26-21(13-17(3)4)23(30)7-2/h8-12,15,17-18,20-21,25H,6-7,13-14,16H2,1-5H3,(H,26,31)/t18?,20-,21-/m0/s1. The zero-order valence-electron chi connectivity index (χ0n) is 19.5. The molecule has 0 aliphatic carbocycles. The van der Waals surface area contributed by atoms with Crippen molar-refractivity contribution in [1.29, 1.82) is 0 Å². The number of aromatic nitrogens is 3. The Morgan fingerprint density at radius 1 is 1.10 bits per heavy atom. The average molecular weight is 428 g/mol. The van der Waals surface area contributed by atoms with Gasteiger partial charge in [0.15, 0.2) is 5.78 Å². The van der Waals surface area contributed by atoms with Crippen molar-refractivity contribution in [2.75, 3.05) is 0 Å². The number of rotatable bonds is 13. The number of carbonyl (C=O) groups excluding carboxylic acids is 2. The van der Waals surface area contributed by atoms with E-state index in [0.29, 0.717) is 24.8 Å². The average Bonchev–Trinajstić information content (AvgIpc) is 3.20. The summed E-state index contributed by atoms with van der Waals surface area (Å²) < 4.78 is 1.55. The van der Waals surface area contributed by atoms with Crippen LogP contribution < -0.4 is 10.6 Å². The van der Waals surface area contributed by atoms with Gasteiger partial charge in [0.2, 0.25) is 5.91 Å². The van der Waals surface area contributed by atoms with E-state index in [1.165, 1.54) is 5.56 Å². The van der Waals surface area contributed by atoms with Gasteiger partial charge < -0.3 is 10.6 Å². The zero-order valence-corrected chi connectivity index (χ0v) is 19.5. The van der Waals surface area contributed by atoms with E-state index in [0.717, 1.165) is 18.5 Å². The van der Waals surface area contributed by atoms with E-state index in [1.807, 2.05) is 45.2 Å². The molecule has 2 rings (SSSR count). The summed E-state index contributed by atoms with van der Waals surface area (Å²) in [4.78, 5) is 24.7. The van der Waals surface area contributed by atoms with Gasteiger partial charge in [-0.2, -0.15) is 0 Å². The van der Waals surface area contributed by atoms with Crippen LogP contribution >= 0.6 is 0 Å². The molecule has 31 heavy (non-hydrogen) atoms. The van der Waals surface area contributed by atoms with E-state index in [9.17, 15) is 9.59 Å². The smallest absolute Gasteiger partial charge is 0.242 e. The maximum Gasteiger partial charge on any atom is 0.242 e. The van der Waals surface area contributed by atoms with Gasteiger partial charge in [0.25, 0.3) is 0 Å². The van der Waals surface area contributed by atoms with Crippen LogP contribution in [0.1, 0.15) is 71.2 Å². The van der Waals surface area contributed by atoms with E-state index < -0.39 is 6.04 Å². The monoisotopic (exact) mass is 427 g/mol. The van der Waals surface area contributed by atoms with Crippen LogP contribution in [0.15, 0.2) is 36.5 Å². The van der Waals surface area contributed by atoms with Crippen LogP contribution in [-0.2, 0) is 22.6 Å². The molecule has 0 radical (unpaired) electrons. The molecular weight excluding hydrogens is 390 g/mol. The first kappa shape index (κ1) is 24.7. The molecular formula is C24H37N5O2. The van der Waals surface area contributed by atoms with Gasteiger partial charge in [0.05, 0.1) is 24.0 Å². The maximum absolute atomic E-state index is 12.6. The molecule has 0 bridgehead atoms. The van der Waals surface area contributed by atoms with Crippen LogP contribution in [-0.4, -0.2) is 38.8 Å². The predicted molar refractivity (Wildman–Crippen MR) is 122 cm³/mol. The van der Waals surface area contributed by atoms with Gasteiger partial charge in [0.1, 0.15) is 6.54 Å². The van der Waals surface area contributed by atoms with Crippen LogP contribution in [0.4, 0.5) is 0 Å². The van der Waals surface area contributed by atoms with Crippen LogP contribution in [0, 0.1) is 5.92 Å². The molecule has 2 N–H and O–H groups in total. The van der Waals surface area contributed by atoms with Gasteiger partial charge in [-0.3, -0.25) is 9.59 Å². The third-order valence-electron chi connectivity index (χ3n) is 5.38. The molecule has 0 saturated carbocycles. The third-order valence-corrected chi connectivity index (χ3v) is 5.38. The van der Waals surface area contributed by atoms with Gasteiger partial charge in [-0.25, -0.2) is 4.68 Å². The summed E-state index contributed by atoms with van der Waals surface area (Å²) in [7, 11) is 0. The minimum Gasteiger partial charge on any atom is -0.345 e. The Labute approximate surface area is 186 Å². The fourth-order valence-electron chi connectivity index (χ4n) is 3.49. The Bertz CT molecular complexity index is 818. The van der Waals surface area contributed by atoms with Crippen molar-refractivity contribution in [1.82, 2.24) is 25.6 Å². The Kier molecular flexibility index (Phi) is 9.85. The van der Waals surface area contributed by atoms with Crippen LogP contribution in [0.25, 0.3) is 0 Å². The molecule has 2 aromatic rings. The summed E-state index contributed by atoms with van der Waals surface area (Å²) in [5.74, 6) is 0.157. The number of carbonyl (C=O) groups is 2. The van der Waals surface area contributed by atoms with Crippen molar-refractivity contribution >= 4 is 11.7 Å². The van der Waals surface area contributed by atoms with Crippen molar-refractivity contribution in [2.45, 2.75) is 85.0 Å². The topological polar surface area (TPSA) is 88.9 Å². The molecule has 0 fully saturated rings. The summed E-state index contributed by atoms with van der Waals surface area (Å²) in [6, 6.07) is 10.2. The molecule has 0 aliphatic rings. The highest BCUT2D eigenvalue weighted by atomic mass is 16.2. The van der Waals surface area contributed by atoms with Crippen molar-refractivity contribution in [3.8, 4) is 0 Å². The van der Waals surface area contributed by atoms with Crippen LogP contribution in [0.3, 0.4) is 0 Å². The first-order chi connectivity index (χ1) is 14.8. The molecule has 0 saturated heterocycles. The quantitative estimate of drug-likeness (QED) is 0.511. The Hall–Kier alpha value is -2.54. The molecule has 1 aromatic carbocycles. The Balaban J connectivity index is 2.07. The highest BCUT2D eigenvalue weighted by Crippen LogP contribution is 2.18. The highest BCUT2D eigenvalue weighted by Gasteiger charge is 2.22. The molecule has 7 heteroatoms. The lowest BCUT2D eigenvalue weighted by Gasteiger charge is -2.21. The van der Waals surface area contributed by atoms with E-state index in [1.54, 1.807) is 4.68 Å². The lowest BCUT2D eigenvalue weighted by Crippen LogP contribution is -2.43. The van der Waals surface area contributed by atoms with Crippen molar-refractivity contribution in [3.05, 3.63) is 47.8 Å². The van der Waals surface area contributed by atoms with E-state index >= 15 is 0 Å². The van der Waals surface area contributed by atoms with E-state index in [2.05, 4.69) is 46.9 Å². The molecule has 1 amide bonds. The fourth-order valence-corrected chi connectivity index (χ4v) is 3.49. The number of hydrogen-bond acceptors (Lipinski definition) is 5. The van der Waals surface area contributed by atoms with E-state index in [4.69, 9.17) is 0 Å². The molecule has 1 heterocycles. The van der Waals surface area contributed by atoms with Crippen LogP contribution in [0.2, 0.25) is 0 Å². The van der Waals surface area contributed by atoms with Gasteiger partial charge in [-0.15, -0.1) is 5.10 Å². The number of Topliss-reactive ketones (excluding diaryl/α,β-unsaturated/α-hetero) is 1.